The van der Waals surface area contributed by atoms with E-state index in [1.165, 1.54) is 12.1 Å². The topological polar surface area (TPSA) is 32.3 Å². The minimum absolute atomic E-state index is 0.190. The minimum atomic E-state index is -0.201. The summed E-state index contributed by atoms with van der Waals surface area (Å²) in [5.41, 5.74) is 1.14. The number of hydrogen-bond acceptors (Lipinski definition) is 2. The Morgan fingerprint density at radius 2 is 2.07 bits per heavy atom. The van der Waals surface area contributed by atoms with E-state index >= 15 is 0 Å². The van der Waals surface area contributed by atoms with Gasteiger partial charge < -0.3 is 10.4 Å². The molecule has 2 nitrogen and oxygen atoms in total. The number of aliphatic hydroxyl groups is 1. The van der Waals surface area contributed by atoms with Gasteiger partial charge in [0.2, 0.25) is 0 Å². The maximum atomic E-state index is 12.8. The maximum Gasteiger partial charge on any atom is 0.123 e. The summed E-state index contributed by atoms with van der Waals surface area (Å²) in [5, 5.41) is 12.5. The van der Waals surface area contributed by atoms with Crippen molar-refractivity contribution in [2.24, 2.45) is 5.92 Å². The Kier molecular flexibility index (Phi) is 3.34. The molecule has 0 aromatic heterocycles. The van der Waals surface area contributed by atoms with E-state index in [4.69, 9.17) is 0 Å². The van der Waals surface area contributed by atoms with E-state index in [9.17, 15) is 9.50 Å². The molecule has 82 valence electrons. The number of hydrogen-bond donors (Lipinski definition) is 2. The zero-order chi connectivity index (χ0) is 10.7. The van der Waals surface area contributed by atoms with Crippen molar-refractivity contribution in [1.82, 2.24) is 5.32 Å². The molecule has 0 aliphatic carbocycles. The molecule has 1 saturated heterocycles. The van der Waals surface area contributed by atoms with E-state index in [0.29, 0.717) is 5.92 Å². The Balaban J connectivity index is 2.16. The number of aliphatic hydroxyl groups excluding tert-OH is 1. The Bertz CT molecular complexity index is 312. The molecule has 2 rings (SSSR count). The van der Waals surface area contributed by atoms with Crippen LogP contribution < -0.4 is 5.32 Å². The lowest BCUT2D eigenvalue weighted by atomic mass is 9.82. The Morgan fingerprint density at radius 1 is 1.33 bits per heavy atom. The maximum absolute atomic E-state index is 12.8. The molecule has 1 aliphatic heterocycles. The molecule has 1 aliphatic rings. The molecule has 1 aromatic carbocycles. The average Bonchev–Trinajstić information content (AvgIpc) is 2.30. The van der Waals surface area contributed by atoms with Gasteiger partial charge in [-0.2, -0.15) is 0 Å². The van der Waals surface area contributed by atoms with E-state index in [0.717, 1.165) is 25.1 Å². The average molecular weight is 209 g/mol. The predicted molar refractivity (Wildman–Crippen MR) is 57.2 cm³/mol. The van der Waals surface area contributed by atoms with E-state index in [2.05, 4.69) is 5.32 Å². The Hall–Kier alpha value is -0.930. The van der Waals surface area contributed by atoms with Crippen LogP contribution in [0.15, 0.2) is 24.3 Å². The molecule has 0 bridgehead atoms. The van der Waals surface area contributed by atoms with Gasteiger partial charge >= 0.3 is 0 Å². The number of halogens is 1. The quantitative estimate of drug-likeness (QED) is 0.774. The summed E-state index contributed by atoms with van der Waals surface area (Å²) in [4.78, 5) is 0. The van der Waals surface area contributed by atoms with Crippen molar-refractivity contribution in [3.8, 4) is 0 Å². The van der Waals surface area contributed by atoms with Gasteiger partial charge in [0.1, 0.15) is 5.82 Å². The molecule has 0 saturated carbocycles. The molecule has 1 heterocycles. The SMILES string of the molecule is OCC1CNCC[C@H]1c1ccc(F)cc1. The van der Waals surface area contributed by atoms with Crippen LogP contribution in [-0.2, 0) is 0 Å². The second-order valence-electron chi connectivity index (χ2n) is 4.09. The van der Waals surface area contributed by atoms with E-state index < -0.39 is 0 Å². The number of piperidine rings is 1. The van der Waals surface area contributed by atoms with Crippen molar-refractivity contribution >= 4 is 0 Å². The minimum Gasteiger partial charge on any atom is -0.396 e. The third-order valence-corrected chi connectivity index (χ3v) is 3.14. The molecule has 1 aromatic rings. The molecule has 2 atom stereocenters. The van der Waals surface area contributed by atoms with Crippen LogP contribution in [0.3, 0.4) is 0 Å². The number of benzene rings is 1. The van der Waals surface area contributed by atoms with Crippen LogP contribution in [0.2, 0.25) is 0 Å². The van der Waals surface area contributed by atoms with Crippen molar-refractivity contribution in [2.75, 3.05) is 19.7 Å². The van der Waals surface area contributed by atoms with Crippen molar-refractivity contribution in [3.63, 3.8) is 0 Å². The highest BCUT2D eigenvalue weighted by molar-refractivity contribution is 5.22. The van der Waals surface area contributed by atoms with Gasteiger partial charge in [0.05, 0.1) is 0 Å². The van der Waals surface area contributed by atoms with Crippen molar-refractivity contribution in [2.45, 2.75) is 12.3 Å². The van der Waals surface area contributed by atoms with Gasteiger partial charge in [-0.1, -0.05) is 12.1 Å². The first-order chi connectivity index (χ1) is 7.31. The summed E-state index contributed by atoms with van der Waals surface area (Å²) >= 11 is 0. The summed E-state index contributed by atoms with van der Waals surface area (Å²) in [6.07, 6.45) is 1.01. The first-order valence-corrected chi connectivity index (χ1v) is 5.38. The molecule has 0 radical (unpaired) electrons. The first kappa shape index (κ1) is 10.6. The van der Waals surface area contributed by atoms with E-state index in [-0.39, 0.29) is 18.3 Å². The monoisotopic (exact) mass is 209 g/mol. The van der Waals surface area contributed by atoms with Gasteiger partial charge in [0.15, 0.2) is 0 Å². The normalized spacial score (nSPS) is 26.5. The van der Waals surface area contributed by atoms with Gasteiger partial charge in [-0.25, -0.2) is 4.39 Å². The summed E-state index contributed by atoms with van der Waals surface area (Å²) < 4.78 is 12.8. The molecule has 3 heteroatoms. The highest BCUT2D eigenvalue weighted by Gasteiger charge is 2.25. The van der Waals surface area contributed by atoms with E-state index in [1.54, 1.807) is 0 Å². The summed E-state index contributed by atoms with van der Waals surface area (Å²) in [7, 11) is 0. The fraction of sp³-hybridized carbons (Fsp3) is 0.500. The molecule has 1 fully saturated rings. The summed E-state index contributed by atoms with van der Waals surface area (Å²) in [6.45, 7) is 2.01. The molecule has 0 spiro atoms. The van der Waals surface area contributed by atoms with Gasteiger partial charge in [0, 0.05) is 19.1 Å². The molecule has 1 unspecified atom stereocenters. The highest BCUT2D eigenvalue weighted by Crippen LogP contribution is 2.29. The molecule has 15 heavy (non-hydrogen) atoms. The van der Waals surface area contributed by atoms with Crippen LogP contribution in [0.4, 0.5) is 4.39 Å². The van der Waals surface area contributed by atoms with Gasteiger partial charge in [0.25, 0.3) is 0 Å². The highest BCUT2D eigenvalue weighted by atomic mass is 19.1. The zero-order valence-electron chi connectivity index (χ0n) is 8.62. The third kappa shape index (κ3) is 2.36. The number of nitrogens with one attached hydrogen (secondary N) is 1. The fourth-order valence-corrected chi connectivity index (χ4v) is 2.26. The second kappa shape index (κ2) is 4.73. The van der Waals surface area contributed by atoms with Crippen LogP contribution in [0.5, 0.6) is 0 Å². The first-order valence-electron chi connectivity index (χ1n) is 5.38. The Morgan fingerprint density at radius 3 is 2.73 bits per heavy atom. The van der Waals surface area contributed by atoms with Crippen molar-refractivity contribution in [1.29, 1.82) is 0 Å². The fourth-order valence-electron chi connectivity index (χ4n) is 2.26. The largest absolute Gasteiger partial charge is 0.396 e. The van der Waals surface area contributed by atoms with Crippen molar-refractivity contribution in [3.05, 3.63) is 35.6 Å². The molecular weight excluding hydrogens is 193 g/mol. The lowest BCUT2D eigenvalue weighted by Crippen LogP contribution is -2.37. The second-order valence-corrected chi connectivity index (χ2v) is 4.09. The summed E-state index contributed by atoms with van der Waals surface area (Å²) in [6, 6.07) is 6.64. The third-order valence-electron chi connectivity index (χ3n) is 3.14. The standard InChI is InChI=1S/C12H16FNO/c13-11-3-1-9(2-4-11)12-5-6-14-7-10(12)8-15/h1-4,10,12,14-15H,5-8H2/t10?,12-/m0/s1. The predicted octanol–water partition coefficient (Wildman–Crippen LogP) is 1.51. The van der Waals surface area contributed by atoms with Crippen LogP contribution in [-0.4, -0.2) is 24.8 Å². The molecular formula is C12H16FNO. The van der Waals surface area contributed by atoms with Crippen LogP contribution >= 0.6 is 0 Å². The Labute approximate surface area is 89.1 Å². The lowest BCUT2D eigenvalue weighted by molar-refractivity contribution is 0.179. The number of rotatable bonds is 2. The smallest absolute Gasteiger partial charge is 0.123 e. The van der Waals surface area contributed by atoms with E-state index in [1.807, 2.05) is 12.1 Å². The summed E-state index contributed by atoms with van der Waals surface area (Å²) in [5.74, 6) is 0.411. The van der Waals surface area contributed by atoms with Crippen LogP contribution in [0.25, 0.3) is 0 Å². The van der Waals surface area contributed by atoms with Gasteiger partial charge in [-0.15, -0.1) is 0 Å². The van der Waals surface area contributed by atoms with Crippen molar-refractivity contribution < 1.29 is 9.50 Å². The van der Waals surface area contributed by atoms with Gasteiger partial charge in [-0.05, 0) is 36.6 Å². The van der Waals surface area contributed by atoms with Crippen LogP contribution in [0, 0.1) is 11.7 Å². The van der Waals surface area contributed by atoms with Gasteiger partial charge in [-0.3, -0.25) is 0 Å². The molecule has 2 N–H and O–H groups in total. The lowest BCUT2D eigenvalue weighted by Gasteiger charge is -2.31. The zero-order valence-corrected chi connectivity index (χ0v) is 8.62. The molecule has 0 amide bonds. The van der Waals surface area contributed by atoms with Crippen LogP contribution in [0.1, 0.15) is 17.9 Å².